The quantitative estimate of drug-likeness (QED) is 0.495. The smallest absolute Gasteiger partial charge is 0.258 e. The summed E-state index contributed by atoms with van der Waals surface area (Å²) in [4.78, 5) is 0. The maximum atomic E-state index is 10.2. The van der Waals surface area contributed by atoms with Crippen LogP contribution in [0.3, 0.4) is 0 Å². The standard InChI is InChI=1S/C6H13NO3S/c1-2-3-4-5-6-10-11(7,8)9/h2-3H,4-6H2,1H3,(H2,7,8,9)/b3-2+. The van der Waals surface area contributed by atoms with E-state index >= 15 is 0 Å². The van der Waals surface area contributed by atoms with E-state index in [1.165, 1.54) is 0 Å². The second-order valence-electron chi connectivity index (χ2n) is 2.03. The molecule has 4 nitrogen and oxygen atoms in total. The van der Waals surface area contributed by atoms with Gasteiger partial charge >= 0.3 is 10.3 Å². The van der Waals surface area contributed by atoms with Crippen LogP contribution in [0.1, 0.15) is 19.8 Å². The Morgan fingerprint density at radius 2 is 2.18 bits per heavy atom. The minimum absolute atomic E-state index is 0.156. The van der Waals surface area contributed by atoms with Crippen LogP contribution < -0.4 is 5.14 Å². The largest absolute Gasteiger partial charge is 0.333 e. The third-order valence-corrected chi connectivity index (χ3v) is 1.49. The fraction of sp³-hybridized carbons (Fsp3) is 0.667. The third kappa shape index (κ3) is 9.61. The molecule has 0 radical (unpaired) electrons. The molecule has 5 heteroatoms. The average molecular weight is 179 g/mol. The van der Waals surface area contributed by atoms with Gasteiger partial charge in [0.2, 0.25) is 0 Å². The Labute approximate surface area is 67.3 Å². The molecule has 2 N–H and O–H groups in total. The molecule has 0 unspecified atom stereocenters. The SMILES string of the molecule is C/C=C/CCCOS(N)(=O)=O. The second kappa shape index (κ2) is 5.29. The Hall–Kier alpha value is -0.390. The van der Waals surface area contributed by atoms with Gasteiger partial charge in [-0.3, -0.25) is 4.18 Å². The molecule has 0 saturated carbocycles. The van der Waals surface area contributed by atoms with Gasteiger partial charge in [-0.2, -0.15) is 8.42 Å². The monoisotopic (exact) mass is 179 g/mol. The molecule has 0 aliphatic rings. The first-order chi connectivity index (χ1) is 5.06. The summed E-state index contributed by atoms with van der Waals surface area (Å²) in [6.45, 7) is 2.06. The van der Waals surface area contributed by atoms with Crippen molar-refractivity contribution in [2.75, 3.05) is 6.61 Å². The summed E-state index contributed by atoms with van der Waals surface area (Å²) in [7, 11) is -3.74. The lowest BCUT2D eigenvalue weighted by Crippen LogP contribution is -2.16. The van der Waals surface area contributed by atoms with E-state index in [4.69, 9.17) is 0 Å². The van der Waals surface area contributed by atoms with Crippen LogP contribution >= 0.6 is 0 Å². The molecule has 0 fully saturated rings. The number of allylic oxidation sites excluding steroid dienone is 2. The molecule has 0 aromatic rings. The Bertz CT molecular complexity index is 208. The van der Waals surface area contributed by atoms with E-state index < -0.39 is 10.3 Å². The van der Waals surface area contributed by atoms with Gasteiger partial charge in [0.05, 0.1) is 6.61 Å². The third-order valence-electron chi connectivity index (χ3n) is 0.998. The summed E-state index contributed by atoms with van der Waals surface area (Å²) in [5.74, 6) is 0. The lowest BCUT2D eigenvalue weighted by molar-refractivity contribution is 0.314. The molecule has 0 heterocycles. The zero-order valence-corrected chi connectivity index (χ0v) is 7.30. The topological polar surface area (TPSA) is 69.4 Å². The first-order valence-electron chi connectivity index (χ1n) is 3.34. The Balaban J connectivity index is 3.29. The highest BCUT2D eigenvalue weighted by molar-refractivity contribution is 7.84. The van der Waals surface area contributed by atoms with Crippen molar-refractivity contribution in [3.63, 3.8) is 0 Å². The number of nitrogens with two attached hydrogens (primary N) is 1. The van der Waals surface area contributed by atoms with Crippen LogP contribution in [0.25, 0.3) is 0 Å². The van der Waals surface area contributed by atoms with Crippen molar-refractivity contribution in [1.29, 1.82) is 0 Å². The van der Waals surface area contributed by atoms with Gasteiger partial charge in [-0.05, 0) is 19.8 Å². The molecule has 0 aliphatic carbocycles. The van der Waals surface area contributed by atoms with Crippen LogP contribution in [0.2, 0.25) is 0 Å². The first-order valence-corrected chi connectivity index (χ1v) is 4.81. The molecular formula is C6H13NO3S. The summed E-state index contributed by atoms with van der Waals surface area (Å²) in [6.07, 6.45) is 5.32. The van der Waals surface area contributed by atoms with Gasteiger partial charge in [0.25, 0.3) is 0 Å². The van der Waals surface area contributed by atoms with E-state index in [2.05, 4.69) is 9.32 Å². The second-order valence-corrected chi connectivity index (χ2v) is 3.25. The minimum Gasteiger partial charge on any atom is -0.258 e. The van der Waals surface area contributed by atoms with E-state index in [0.717, 1.165) is 6.42 Å². The number of hydrogen-bond acceptors (Lipinski definition) is 3. The molecule has 0 rings (SSSR count). The van der Waals surface area contributed by atoms with Crippen LogP contribution in [0.15, 0.2) is 12.2 Å². The van der Waals surface area contributed by atoms with Crippen molar-refractivity contribution >= 4 is 10.3 Å². The molecule has 0 aromatic heterocycles. The van der Waals surface area contributed by atoms with Crippen LogP contribution in [0, 0.1) is 0 Å². The average Bonchev–Trinajstić information content (AvgIpc) is 1.85. The molecule has 0 aromatic carbocycles. The highest BCUT2D eigenvalue weighted by atomic mass is 32.2. The van der Waals surface area contributed by atoms with E-state index in [9.17, 15) is 8.42 Å². The zero-order valence-electron chi connectivity index (χ0n) is 6.49. The normalized spacial score (nSPS) is 12.5. The van der Waals surface area contributed by atoms with Gasteiger partial charge in [0.1, 0.15) is 0 Å². The fourth-order valence-electron chi connectivity index (χ4n) is 0.543. The molecule has 0 bridgehead atoms. The Morgan fingerprint density at radius 1 is 1.55 bits per heavy atom. The lowest BCUT2D eigenvalue weighted by atomic mass is 10.3. The van der Waals surface area contributed by atoms with Crippen molar-refractivity contribution in [2.24, 2.45) is 5.14 Å². The molecule has 0 atom stereocenters. The summed E-state index contributed by atoms with van der Waals surface area (Å²) in [5.41, 5.74) is 0. The summed E-state index contributed by atoms with van der Waals surface area (Å²) in [6, 6.07) is 0. The number of rotatable bonds is 5. The minimum atomic E-state index is -3.74. The molecule has 0 spiro atoms. The van der Waals surface area contributed by atoms with Crippen LogP contribution in [-0.2, 0) is 14.5 Å². The van der Waals surface area contributed by atoms with Crippen LogP contribution in [0.4, 0.5) is 0 Å². The van der Waals surface area contributed by atoms with E-state index in [1.807, 2.05) is 19.1 Å². The summed E-state index contributed by atoms with van der Waals surface area (Å²) < 4.78 is 24.7. The van der Waals surface area contributed by atoms with E-state index in [-0.39, 0.29) is 6.61 Å². The van der Waals surface area contributed by atoms with Gasteiger partial charge < -0.3 is 0 Å². The number of hydrogen-bond donors (Lipinski definition) is 1. The van der Waals surface area contributed by atoms with Gasteiger partial charge in [0.15, 0.2) is 0 Å². The van der Waals surface area contributed by atoms with Gasteiger partial charge in [-0.25, -0.2) is 5.14 Å². The molecular weight excluding hydrogens is 166 g/mol. The van der Waals surface area contributed by atoms with Gasteiger partial charge in [-0.15, -0.1) is 0 Å². The van der Waals surface area contributed by atoms with Crippen molar-refractivity contribution in [3.8, 4) is 0 Å². The van der Waals surface area contributed by atoms with E-state index in [1.54, 1.807) is 0 Å². The van der Waals surface area contributed by atoms with E-state index in [0.29, 0.717) is 6.42 Å². The van der Waals surface area contributed by atoms with Gasteiger partial charge in [-0.1, -0.05) is 12.2 Å². The summed E-state index contributed by atoms with van der Waals surface area (Å²) in [5, 5.41) is 4.58. The first kappa shape index (κ1) is 10.6. The van der Waals surface area contributed by atoms with Crippen LogP contribution in [0.5, 0.6) is 0 Å². The lowest BCUT2D eigenvalue weighted by Gasteiger charge is -1.97. The maximum absolute atomic E-state index is 10.2. The highest BCUT2D eigenvalue weighted by Crippen LogP contribution is 1.93. The molecule has 11 heavy (non-hydrogen) atoms. The van der Waals surface area contributed by atoms with Crippen molar-refractivity contribution in [3.05, 3.63) is 12.2 Å². The Morgan fingerprint density at radius 3 is 2.64 bits per heavy atom. The molecule has 0 aliphatic heterocycles. The zero-order chi connectivity index (χ0) is 8.74. The molecule has 0 saturated heterocycles. The Kier molecular flexibility index (Phi) is 5.10. The number of unbranched alkanes of at least 4 members (excludes halogenated alkanes) is 1. The van der Waals surface area contributed by atoms with Crippen molar-refractivity contribution in [2.45, 2.75) is 19.8 Å². The predicted molar refractivity (Wildman–Crippen MR) is 43.1 cm³/mol. The molecule has 0 amide bonds. The van der Waals surface area contributed by atoms with Crippen LogP contribution in [-0.4, -0.2) is 15.0 Å². The maximum Gasteiger partial charge on any atom is 0.333 e. The highest BCUT2D eigenvalue weighted by Gasteiger charge is 1.99. The van der Waals surface area contributed by atoms with Crippen molar-refractivity contribution < 1.29 is 12.6 Å². The van der Waals surface area contributed by atoms with Crippen molar-refractivity contribution in [1.82, 2.24) is 0 Å². The van der Waals surface area contributed by atoms with Gasteiger partial charge in [0, 0.05) is 0 Å². The predicted octanol–water partition coefficient (Wildman–Crippen LogP) is 0.563. The summed E-state index contributed by atoms with van der Waals surface area (Å²) >= 11 is 0. The molecule has 66 valence electrons. The fourth-order valence-corrected chi connectivity index (χ4v) is 0.893.